The lowest BCUT2D eigenvalue weighted by molar-refractivity contribution is -0.147. The highest BCUT2D eigenvalue weighted by Crippen LogP contribution is 2.42. The van der Waals surface area contributed by atoms with Gasteiger partial charge in [0.25, 0.3) is 0 Å². The lowest BCUT2D eigenvalue weighted by Gasteiger charge is -2.37. The summed E-state index contributed by atoms with van der Waals surface area (Å²) in [6.45, 7) is 2.06. The summed E-state index contributed by atoms with van der Waals surface area (Å²) in [7, 11) is 1.65. The first-order valence-corrected chi connectivity index (χ1v) is 9.86. The molecule has 7 nitrogen and oxygen atoms in total. The number of carbonyl (C=O) groups is 2. The van der Waals surface area contributed by atoms with Crippen LogP contribution in [0.2, 0.25) is 0 Å². The van der Waals surface area contributed by atoms with Gasteiger partial charge in [-0.2, -0.15) is 0 Å². The van der Waals surface area contributed by atoms with Gasteiger partial charge in [0.1, 0.15) is 5.75 Å². The second-order valence-electron chi connectivity index (χ2n) is 8.06. The second-order valence-corrected chi connectivity index (χ2v) is 8.06. The van der Waals surface area contributed by atoms with Crippen LogP contribution in [0.1, 0.15) is 31.2 Å². The zero-order chi connectivity index (χ0) is 19.7. The van der Waals surface area contributed by atoms with E-state index in [1.54, 1.807) is 12.6 Å². The number of benzene rings is 1. The Morgan fingerprint density at radius 3 is 2.82 bits per heavy atom. The van der Waals surface area contributed by atoms with Crippen LogP contribution in [0, 0.1) is 11.8 Å². The van der Waals surface area contributed by atoms with E-state index in [0.717, 1.165) is 30.7 Å². The first-order chi connectivity index (χ1) is 13.5. The Hall–Kier alpha value is -2.38. The molecule has 1 aromatic carbocycles. The molecule has 1 saturated carbocycles. The van der Waals surface area contributed by atoms with Crippen molar-refractivity contribution in [3.05, 3.63) is 35.9 Å². The van der Waals surface area contributed by atoms with Gasteiger partial charge in [-0.05, 0) is 49.0 Å². The number of nitrogens with one attached hydrogen (secondary N) is 2. The summed E-state index contributed by atoms with van der Waals surface area (Å²) < 4.78 is 5.30. The molecule has 0 radical (unpaired) electrons. The third kappa shape index (κ3) is 3.64. The predicted molar refractivity (Wildman–Crippen MR) is 104 cm³/mol. The summed E-state index contributed by atoms with van der Waals surface area (Å²) in [5, 5.41) is 12.5. The molecule has 28 heavy (non-hydrogen) atoms. The maximum absolute atomic E-state index is 13.2. The quantitative estimate of drug-likeness (QED) is 0.415. The van der Waals surface area contributed by atoms with E-state index in [-0.39, 0.29) is 17.4 Å². The molecular weight excluding hydrogens is 358 g/mol. The molecule has 2 heterocycles. The topological polar surface area (TPSA) is 101 Å². The number of hydrogen-bond donors (Lipinski definition) is 3. The van der Waals surface area contributed by atoms with Gasteiger partial charge in [-0.3, -0.25) is 14.8 Å². The molecule has 2 aliphatic heterocycles. The van der Waals surface area contributed by atoms with Gasteiger partial charge >= 0.3 is 0 Å². The van der Waals surface area contributed by atoms with Gasteiger partial charge in [-0.1, -0.05) is 18.2 Å². The minimum Gasteiger partial charge on any atom is -0.497 e. The lowest BCUT2D eigenvalue weighted by atomic mass is 9.72. The highest BCUT2D eigenvalue weighted by Gasteiger charge is 2.52. The summed E-state index contributed by atoms with van der Waals surface area (Å²) in [6.07, 6.45) is 5.04. The molecule has 3 aliphatic rings. The molecule has 2 amide bonds. The van der Waals surface area contributed by atoms with Crippen LogP contribution in [0.5, 0.6) is 5.75 Å². The van der Waals surface area contributed by atoms with Gasteiger partial charge in [0.05, 0.1) is 13.0 Å². The van der Waals surface area contributed by atoms with Crippen molar-refractivity contribution in [3.63, 3.8) is 0 Å². The SMILES string of the molecule is COc1cccc(C2=CCN(C(=O)C3CCC4(CN4)CC3C(=O)NO)CC2)c1. The summed E-state index contributed by atoms with van der Waals surface area (Å²) in [4.78, 5) is 27.2. The van der Waals surface area contributed by atoms with Gasteiger partial charge in [0.2, 0.25) is 11.8 Å². The minimum absolute atomic E-state index is 0.00467. The number of rotatable bonds is 4. The Morgan fingerprint density at radius 1 is 1.36 bits per heavy atom. The van der Waals surface area contributed by atoms with Crippen LogP contribution < -0.4 is 15.5 Å². The highest BCUT2D eigenvalue weighted by molar-refractivity contribution is 5.88. The summed E-state index contributed by atoms with van der Waals surface area (Å²) in [6, 6.07) is 7.94. The monoisotopic (exact) mass is 385 g/mol. The molecule has 3 N–H and O–H groups in total. The van der Waals surface area contributed by atoms with E-state index in [1.165, 1.54) is 5.57 Å². The molecule has 0 aromatic heterocycles. The molecule has 2 fully saturated rings. The Kier molecular flexibility index (Phi) is 5.12. The Morgan fingerprint density at radius 2 is 2.18 bits per heavy atom. The standard InChI is InChI=1S/C21H27N3O4/c1-28-16-4-2-3-15(11-16)14-6-9-24(10-7-14)20(26)17-5-8-21(13-22-21)12-18(17)19(25)23-27/h2-4,6,11,17-18,22,27H,5,7-10,12-13H2,1H3,(H,23,25). The van der Waals surface area contributed by atoms with Crippen LogP contribution in [0.4, 0.5) is 0 Å². The van der Waals surface area contributed by atoms with E-state index >= 15 is 0 Å². The highest BCUT2D eigenvalue weighted by atomic mass is 16.5. The van der Waals surface area contributed by atoms with Crippen molar-refractivity contribution in [1.29, 1.82) is 0 Å². The molecule has 7 heteroatoms. The average Bonchev–Trinajstić information content (AvgIpc) is 3.51. The number of ether oxygens (including phenoxy) is 1. The fraction of sp³-hybridized carbons (Fsp3) is 0.524. The van der Waals surface area contributed by atoms with Crippen molar-refractivity contribution in [1.82, 2.24) is 15.7 Å². The van der Waals surface area contributed by atoms with Gasteiger partial charge < -0.3 is 15.0 Å². The number of methoxy groups -OCH3 is 1. The molecule has 1 aromatic rings. The first kappa shape index (κ1) is 19.0. The number of hydroxylamine groups is 1. The lowest BCUT2D eigenvalue weighted by Crippen LogP contribution is -2.49. The molecular formula is C21H27N3O4. The normalized spacial score (nSPS) is 29.2. The second kappa shape index (κ2) is 7.56. The van der Waals surface area contributed by atoms with E-state index in [2.05, 4.69) is 17.5 Å². The van der Waals surface area contributed by atoms with Crippen molar-refractivity contribution in [2.24, 2.45) is 11.8 Å². The Bertz CT molecular complexity index is 803. The Labute approximate surface area is 164 Å². The van der Waals surface area contributed by atoms with E-state index in [1.807, 2.05) is 23.1 Å². The van der Waals surface area contributed by atoms with Crippen molar-refractivity contribution in [2.45, 2.75) is 31.2 Å². The van der Waals surface area contributed by atoms with Crippen LogP contribution in [-0.2, 0) is 9.59 Å². The van der Waals surface area contributed by atoms with Crippen LogP contribution in [-0.4, -0.2) is 54.2 Å². The van der Waals surface area contributed by atoms with E-state index in [0.29, 0.717) is 25.9 Å². The predicted octanol–water partition coefficient (Wildman–Crippen LogP) is 1.57. The maximum atomic E-state index is 13.2. The van der Waals surface area contributed by atoms with Crippen LogP contribution >= 0.6 is 0 Å². The number of amides is 2. The van der Waals surface area contributed by atoms with Gasteiger partial charge in [0, 0.05) is 31.1 Å². The maximum Gasteiger partial charge on any atom is 0.247 e. The molecule has 4 rings (SSSR count). The third-order valence-corrected chi connectivity index (χ3v) is 6.43. The Balaban J connectivity index is 1.45. The van der Waals surface area contributed by atoms with Crippen LogP contribution in [0.3, 0.4) is 0 Å². The fourth-order valence-electron chi connectivity index (χ4n) is 4.59. The van der Waals surface area contributed by atoms with Crippen molar-refractivity contribution < 1.29 is 19.5 Å². The summed E-state index contributed by atoms with van der Waals surface area (Å²) in [5.41, 5.74) is 4.08. The molecule has 3 unspecified atom stereocenters. The molecule has 3 atom stereocenters. The largest absolute Gasteiger partial charge is 0.497 e. The molecule has 1 saturated heterocycles. The van der Waals surface area contributed by atoms with Crippen molar-refractivity contribution in [3.8, 4) is 5.75 Å². The summed E-state index contributed by atoms with van der Waals surface area (Å²) in [5.74, 6) is -0.461. The van der Waals surface area contributed by atoms with E-state index < -0.39 is 11.8 Å². The molecule has 1 spiro atoms. The first-order valence-electron chi connectivity index (χ1n) is 9.86. The van der Waals surface area contributed by atoms with E-state index in [9.17, 15) is 9.59 Å². The third-order valence-electron chi connectivity index (χ3n) is 6.43. The molecule has 150 valence electrons. The molecule has 0 bridgehead atoms. The van der Waals surface area contributed by atoms with Crippen LogP contribution in [0.25, 0.3) is 5.57 Å². The number of carbonyl (C=O) groups excluding carboxylic acids is 2. The molecule has 1 aliphatic carbocycles. The van der Waals surface area contributed by atoms with Gasteiger partial charge in [-0.15, -0.1) is 0 Å². The smallest absolute Gasteiger partial charge is 0.247 e. The van der Waals surface area contributed by atoms with E-state index in [4.69, 9.17) is 9.94 Å². The minimum atomic E-state index is -0.481. The van der Waals surface area contributed by atoms with Gasteiger partial charge in [-0.25, -0.2) is 5.48 Å². The fourth-order valence-corrected chi connectivity index (χ4v) is 4.59. The number of nitrogens with zero attached hydrogens (tertiary/aromatic N) is 1. The average molecular weight is 385 g/mol. The zero-order valence-electron chi connectivity index (χ0n) is 16.1. The summed E-state index contributed by atoms with van der Waals surface area (Å²) >= 11 is 0. The van der Waals surface area contributed by atoms with Crippen molar-refractivity contribution in [2.75, 3.05) is 26.7 Å². The zero-order valence-corrected chi connectivity index (χ0v) is 16.1. The van der Waals surface area contributed by atoms with Crippen LogP contribution in [0.15, 0.2) is 30.3 Å². The van der Waals surface area contributed by atoms with Gasteiger partial charge in [0.15, 0.2) is 0 Å². The number of hydrogen-bond acceptors (Lipinski definition) is 5. The van der Waals surface area contributed by atoms with Crippen molar-refractivity contribution >= 4 is 17.4 Å².